The lowest BCUT2D eigenvalue weighted by Gasteiger charge is -2.32. The Morgan fingerprint density at radius 1 is 1.22 bits per heavy atom. The summed E-state index contributed by atoms with van der Waals surface area (Å²) in [4.78, 5) is 25.4. The molecule has 1 unspecified atom stereocenters. The third-order valence-corrected chi connectivity index (χ3v) is 5.39. The predicted octanol–water partition coefficient (Wildman–Crippen LogP) is 1.67. The minimum atomic E-state index is -0.690. The third-order valence-electron chi connectivity index (χ3n) is 5.39. The van der Waals surface area contributed by atoms with Gasteiger partial charge in [0.05, 0.1) is 12.3 Å². The highest BCUT2D eigenvalue weighted by molar-refractivity contribution is 5.79. The molecule has 23 heavy (non-hydrogen) atoms. The molecule has 3 aliphatic rings. The summed E-state index contributed by atoms with van der Waals surface area (Å²) in [7, 11) is 0. The molecule has 0 radical (unpaired) electrons. The minimum Gasteiger partial charge on any atom is -0.481 e. The van der Waals surface area contributed by atoms with Gasteiger partial charge in [-0.15, -0.1) is 0 Å². The quantitative estimate of drug-likeness (QED) is 0.918. The second-order valence-corrected chi connectivity index (χ2v) is 6.70. The Kier molecular flexibility index (Phi) is 3.21. The zero-order chi connectivity index (χ0) is 16.0. The van der Waals surface area contributed by atoms with Gasteiger partial charge in [0.15, 0.2) is 11.5 Å². The van der Waals surface area contributed by atoms with E-state index in [4.69, 9.17) is 14.6 Å². The first kappa shape index (κ1) is 14.4. The summed E-state index contributed by atoms with van der Waals surface area (Å²) in [5, 5.41) is 9.11. The lowest BCUT2D eigenvalue weighted by atomic mass is 9.90. The number of carbonyl (C=O) groups excluding carboxylic acids is 1. The first-order chi connectivity index (χ1) is 11.1. The number of ether oxygens (including phenoxy) is 2. The third kappa shape index (κ3) is 2.52. The number of carbonyl (C=O) groups is 2. The summed E-state index contributed by atoms with van der Waals surface area (Å²) >= 11 is 0. The summed E-state index contributed by atoms with van der Waals surface area (Å²) in [5.41, 5.74) is 0.871. The molecule has 2 aliphatic heterocycles. The summed E-state index contributed by atoms with van der Waals surface area (Å²) in [5.74, 6) is 0.606. The zero-order valence-corrected chi connectivity index (χ0v) is 12.8. The number of carboxylic acid groups (broad SMARTS) is 1. The Labute approximate surface area is 134 Å². The molecule has 2 heterocycles. The molecule has 6 heteroatoms. The second kappa shape index (κ2) is 5.15. The molecule has 6 nitrogen and oxygen atoms in total. The molecule has 1 aromatic carbocycles. The van der Waals surface area contributed by atoms with Gasteiger partial charge in [-0.3, -0.25) is 9.59 Å². The van der Waals surface area contributed by atoms with Gasteiger partial charge in [-0.1, -0.05) is 6.07 Å². The van der Waals surface area contributed by atoms with Gasteiger partial charge in [0.2, 0.25) is 12.7 Å². The molecule has 1 amide bonds. The maximum atomic E-state index is 12.5. The Bertz CT molecular complexity index is 663. The van der Waals surface area contributed by atoms with Gasteiger partial charge in [-0.25, -0.2) is 0 Å². The number of likely N-dealkylation sites (tertiary alicyclic amines) is 1. The highest BCUT2D eigenvalue weighted by Crippen LogP contribution is 2.59. The highest BCUT2D eigenvalue weighted by atomic mass is 16.7. The molecular weight excluding hydrogens is 298 g/mol. The Balaban J connectivity index is 1.35. The number of nitrogens with zero attached hydrogens (tertiary/aromatic N) is 1. The lowest BCUT2D eigenvalue weighted by Crippen LogP contribution is -2.40. The summed E-state index contributed by atoms with van der Waals surface area (Å²) in [6, 6.07) is 5.57. The molecule has 1 aromatic rings. The number of hydrogen-bond acceptors (Lipinski definition) is 4. The standard InChI is InChI=1S/C17H19NO5/c19-15(8-11-1-2-13-14(7-11)23-10-22-13)18-5-3-17(4-6-18)9-12(17)16(20)21/h1-2,7,12H,3-6,8-10H2,(H,20,21). The van der Waals surface area contributed by atoms with Gasteiger partial charge in [0.1, 0.15) is 0 Å². The monoisotopic (exact) mass is 317 g/mol. The van der Waals surface area contributed by atoms with E-state index in [9.17, 15) is 9.59 Å². The second-order valence-electron chi connectivity index (χ2n) is 6.70. The fourth-order valence-corrected chi connectivity index (χ4v) is 3.79. The molecule has 4 rings (SSSR count). The van der Waals surface area contributed by atoms with E-state index >= 15 is 0 Å². The molecule has 2 fully saturated rings. The van der Waals surface area contributed by atoms with Crippen molar-refractivity contribution in [2.24, 2.45) is 11.3 Å². The van der Waals surface area contributed by atoms with E-state index in [1.165, 1.54) is 0 Å². The van der Waals surface area contributed by atoms with Crippen LogP contribution in [0.4, 0.5) is 0 Å². The number of fused-ring (bicyclic) bond motifs is 1. The summed E-state index contributed by atoms with van der Waals surface area (Å²) in [6.45, 7) is 1.55. The van der Waals surface area contributed by atoms with Gasteiger partial charge in [0, 0.05) is 13.1 Å². The van der Waals surface area contributed by atoms with E-state index in [0.717, 1.165) is 30.6 Å². The van der Waals surface area contributed by atoms with Crippen LogP contribution in [-0.2, 0) is 16.0 Å². The average molecular weight is 317 g/mol. The molecule has 0 bridgehead atoms. The fourth-order valence-electron chi connectivity index (χ4n) is 3.79. The number of hydrogen-bond donors (Lipinski definition) is 1. The van der Waals surface area contributed by atoms with E-state index in [-0.39, 0.29) is 24.0 Å². The Morgan fingerprint density at radius 2 is 1.96 bits per heavy atom. The predicted molar refractivity (Wildman–Crippen MR) is 80.3 cm³/mol. The van der Waals surface area contributed by atoms with E-state index in [1.54, 1.807) is 0 Å². The van der Waals surface area contributed by atoms with Crippen LogP contribution in [-0.4, -0.2) is 41.8 Å². The molecule has 1 N–H and O–H groups in total. The van der Waals surface area contributed by atoms with Gasteiger partial charge in [0.25, 0.3) is 0 Å². The SMILES string of the molecule is O=C(O)C1CC12CCN(C(=O)Cc1ccc3c(c1)OCO3)CC2. The van der Waals surface area contributed by atoms with Crippen molar-refractivity contribution in [3.8, 4) is 11.5 Å². The number of rotatable bonds is 3. The van der Waals surface area contributed by atoms with Crippen molar-refractivity contribution in [1.82, 2.24) is 4.90 Å². The van der Waals surface area contributed by atoms with Crippen LogP contribution in [0, 0.1) is 11.3 Å². The minimum absolute atomic E-state index is 0.0403. The lowest BCUT2D eigenvalue weighted by molar-refractivity contribution is -0.139. The smallest absolute Gasteiger partial charge is 0.307 e. The number of piperidine rings is 1. The largest absolute Gasteiger partial charge is 0.481 e. The number of benzene rings is 1. The molecule has 122 valence electrons. The van der Waals surface area contributed by atoms with Crippen LogP contribution in [0.2, 0.25) is 0 Å². The first-order valence-electron chi connectivity index (χ1n) is 7.96. The van der Waals surface area contributed by atoms with Crippen molar-refractivity contribution in [3.63, 3.8) is 0 Å². The Morgan fingerprint density at radius 3 is 2.65 bits per heavy atom. The van der Waals surface area contributed by atoms with Crippen molar-refractivity contribution in [3.05, 3.63) is 23.8 Å². The molecule has 1 atom stereocenters. The summed E-state index contributed by atoms with van der Waals surface area (Å²) < 4.78 is 10.6. The number of carboxylic acids is 1. The number of aliphatic carboxylic acids is 1. The van der Waals surface area contributed by atoms with Crippen molar-refractivity contribution in [1.29, 1.82) is 0 Å². The van der Waals surface area contributed by atoms with Crippen molar-refractivity contribution in [2.45, 2.75) is 25.7 Å². The maximum Gasteiger partial charge on any atom is 0.307 e. The van der Waals surface area contributed by atoms with Crippen molar-refractivity contribution in [2.75, 3.05) is 19.9 Å². The molecule has 1 saturated carbocycles. The van der Waals surface area contributed by atoms with Crippen LogP contribution in [0.15, 0.2) is 18.2 Å². The average Bonchev–Trinajstić information content (AvgIpc) is 3.04. The van der Waals surface area contributed by atoms with Crippen LogP contribution in [0.5, 0.6) is 11.5 Å². The first-order valence-corrected chi connectivity index (χ1v) is 7.96. The van der Waals surface area contributed by atoms with Crippen molar-refractivity contribution >= 4 is 11.9 Å². The highest BCUT2D eigenvalue weighted by Gasteiger charge is 2.59. The van der Waals surface area contributed by atoms with Crippen LogP contribution < -0.4 is 9.47 Å². The van der Waals surface area contributed by atoms with Gasteiger partial charge in [-0.2, -0.15) is 0 Å². The van der Waals surface area contributed by atoms with Gasteiger partial charge >= 0.3 is 5.97 Å². The van der Waals surface area contributed by atoms with Gasteiger partial charge < -0.3 is 19.5 Å². The van der Waals surface area contributed by atoms with E-state index in [2.05, 4.69) is 0 Å². The normalized spacial score (nSPS) is 23.8. The fraction of sp³-hybridized carbons (Fsp3) is 0.529. The number of amides is 1. The topological polar surface area (TPSA) is 76.1 Å². The van der Waals surface area contributed by atoms with E-state index < -0.39 is 5.97 Å². The van der Waals surface area contributed by atoms with Crippen LogP contribution in [0.1, 0.15) is 24.8 Å². The molecule has 1 aliphatic carbocycles. The zero-order valence-electron chi connectivity index (χ0n) is 12.8. The molecule has 1 saturated heterocycles. The Hall–Kier alpha value is -2.24. The molecular formula is C17H19NO5. The summed E-state index contributed by atoms with van der Waals surface area (Å²) in [6.07, 6.45) is 2.71. The van der Waals surface area contributed by atoms with E-state index in [0.29, 0.717) is 25.3 Å². The van der Waals surface area contributed by atoms with Crippen LogP contribution in [0.25, 0.3) is 0 Å². The van der Waals surface area contributed by atoms with Crippen molar-refractivity contribution < 1.29 is 24.2 Å². The van der Waals surface area contributed by atoms with Crippen LogP contribution >= 0.6 is 0 Å². The molecule has 0 aromatic heterocycles. The van der Waals surface area contributed by atoms with Crippen LogP contribution in [0.3, 0.4) is 0 Å². The maximum absolute atomic E-state index is 12.5. The van der Waals surface area contributed by atoms with Gasteiger partial charge in [-0.05, 0) is 42.4 Å². The molecule has 1 spiro atoms. The van der Waals surface area contributed by atoms with E-state index in [1.807, 2.05) is 23.1 Å².